The normalized spacial score (nSPS) is 12.0. The van der Waals surface area contributed by atoms with E-state index in [0.29, 0.717) is 28.0 Å². The van der Waals surface area contributed by atoms with E-state index in [0.717, 1.165) is 0 Å². The number of hydrogen-bond acceptors (Lipinski definition) is 3. The zero-order valence-electron chi connectivity index (χ0n) is 11.6. The summed E-state index contributed by atoms with van der Waals surface area (Å²) < 4.78 is 7.06. The molecule has 0 saturated carbocycles. The Labute approximate surface area is 132 Å². The van der Waals surface area contributed by atoms with Gasteiger partial charge in [0, 0.05) is 17.8 Å². The summed E-state index contributed by atoms with van der Waals surface area (Å²) in [6, 6.07) is 6.41. The Morgan fingerprint density at radius 3 is 2.86 bits per heavy atom. The molecule has 21 heavy (non-hydrogen) atoms. The van der Waals surface area contributed by atoms with Crippen LogP contribution in [0.4, 0.5) is 4.79 Å². The van der Waals surface area contributed by atoms with E-state index in [-0.39, 0.29) is 6.03 Å². The molecule has 1 aromatic heterocycles. The van der Waals surface area contributed by atoms with Crippen molar-refractivity contribution in [2.75, 3.05) is 6.54 Å². The molecule has 0 aliphatic rings. The standard InChI is InChI=1S/C14H15Cl2N3O2/c1-3-17-14(20)19-12(6-7-18-19)9(2)21-13-5-4-10(15)8-11(13)16/h4-9H,3H2,1-2H3,(H,17,20)/t9-/m0/s1. The van der Waals surface area contributed by atoms with Gasteiger partial charge in [-0.15, -0.1) is 0 Å². The van der Waals surface area contributed by atoms with Crippen LogP contribution in [0.2, 0.25) is 10.0 Å². The lowest BCUT2D eigenvalue weighted by atomic mass is 10.2. The van der Waals surface area contributed by atoms with Crippen LogP contribution in [0.1, 0.15) is 25.6 Å². The van der Waals surface area contributed by atoms with Crippen LogP contribution >= 0.6 is 23.2 Å². The molecule has 0 fully saturated rings. The highest BCUT2D eigenvalue weighted by molar-refractivity contribution is 6.35. The fraction of sp³-hybridized carbons (Fsp3) is 0.286. The van der Waals surface area contributed by atoms with Crippen LogP contribution in [0.15, 0.2) is 30.5 Å². The van der Waals surface area contributed by atoms with Crippen molar-refractivity contribution in [3.05, 3.63) is 46.2 Å². The number of rotatable bonds is 4. The average Bonchev–Trinajstić information content (AvgIpc) is 2.91. The summed E-state index contributed by atoms with van der Waals surface area (Å²) in [6.45, 7) is 4.18. The summed E-state index contributed by atoms with van der Waals surface area (Å²) >= 11 is 11.9. The molecule has 7 heteroatoms. The van der Waals surface area contributed by atoms with Gasteiger partial charge in [-0.3, -0.25) is 0 Å². The van der Waals surface area contributed by atoms with Gasteiger partial charge in [-0.05, 0) is 38.1 Å². The van der Waals surface area contributed by atoms with Gasteiger partial charge in [-0.2, -0.15) is 9.78 Å². The van der Waals surface area contributed by atoms with Gasteiger partial charge in [-0.1, -0.05) is 23.2 Å². The predicted octanol–water partition coefficient (Wildman–Crippen LogP) is 3.91. The van der Waals surface area contributed by atoms with Crippen molar-refractivity contribution >= 4 is 29.2 Å². The molecule has 5 nitrogen and oxygen atoms in total. The molecular weight excluding hydrogens is 313 g/mol. The van der Waals surface area contributed by atoms with E-state index in [1.807, 2.05) is 13.8 Å². The van der Waals surface area contributed by atoms with Crippen LogP contribution < -0.4 is 10.1 Å². The van der Waals surface area contributed by atoms with Crippen LogP contribution in [-0.4, -0.2) is 22.4 Å². The Balaban J connectivity index is 2.19. The van der Waals surface area contributed by atoms with Crippen molar-refractivity contribution in [3.63, 3.8) is 0 Å². The molecule has 0 bridgehead atoms. The second-order valence-electron chi connectivity index (χ2n) is 4.34. The second-order valence-corrected chi connectivity index (χ2v) is 5.18. The Bertz CT molecular complexity index is 643. The maximum absolute atomic E-state index is 11.9. The second kappa shape index (κ2) is 6.83. The maximum atomic E-state index is 11.9. The highest BCUT2D eigenvalue weighted by Gasteiger charge is 2.18. The summed E-state index contributed by atoms with van der Waals surface area (Å²) in [5.74, 6) is 0.497. The topological polar surface area (TPSA) is 56.2 Å². The van der Waals surface area contributed by atoms with E-state index in [1.165, 1.54) is 4.68 Å². The lowest BCUT2D eigenvalue weighted by Gasteiger charge is -2.17. The third-order valence-corrected chi connectivity index (χ3v) is 3.34. The van der Waals surface area contributed by atoms with Gasteiger partial charge >= 0.3 is 6.03 Å². The molecule has 0 radical (unpaired) electrons. The molecule has 0 aliphatic heterocycles. The number of ether oxygens (including phenoxy) is 1. The Hall–Kier alpha value is -1.72. The minimum atomic E-state index is -0.395. The van der Waals surface area contributed by atoms with Gasteiger partial charge in [0.1, 0.15) is 11.9 Å². The first-order chi connectivity index (χ1) is 10.0. The van der Waals surface area contributed by atoms with Gasteiger partial charge in [0.05, 0.1) is 10.7 Å². The zero-order chi connectivity index (χ0) is 15.4. The Morgan fingerprint density at radius 1 is 1.43 bits per heavy atom. The molecule has 0 aliphatic carbocycles. The summed E-state index contributed by atoms with van der Waals surface area (Å²) in [7, 11) is 0. The fourth-order valence-corrected chi connectivity index (χ4v) is 2.29. The minimum absolute atomic E-state index is 0.296. The van der Waals surface area contributed by atoms with Crippen LogP contribution in [0.3, 0.4) is 0 Å². The molecule has 1 amide bonds. The molecule has 2 rings (SSSR count). The van der Waals surface area contributed by atoms with Crippen molar-refractivity contribution in [3.8, 4) is 5.75 Å². The lowest BCUT2D eigenvalue weighted by molar-refractivity contribution is 0.209. The van der Waals surface area contributed by atoms with Crippen LogP contribution in [0, 0.1) is 0 Å². The van der Waals surface area contributed by atoms with Gasteiger partial charge < -0.3 is 10.1 Å². The summed E-state index contributed by atoms with van der Waals surface area (Å²) in [4.78, 5) is 11.9. The van der Waals surface area contributed by atoms with E-state index in [2.05, 4.69) is 10.4 Å². The van der Waals surface area contributed by atoms with Gasteiger partial charge in [0.25, 0.3) is 0 Å². The monoisotopic (exact) mass is 327 g/mol. The molecule has 1 atom stereocenters. The van der Waals surface area contributed by atoms with Crippen molar-refractivity contribution in [2.45, 2.75) is 20.0 Å². The predicted molar refractivity (Wildman–Crippen MR) is 82.2 cm³/mol. The maximum Gasteiger partial charge on any atom is 0.342 e. The number of amides is 1. The van der Waals surface area contributed by atoms with Crippen molar-refractivity contribution in [1.29, 1.82) is 0 Å². The molecule has 1 heterocycles. The molecule has 112 valence electrons. The van der Waals surface area contributed by atoms with Crippen LogP contribution in [0.5, 0.6) is 5.75 Å². The third kappa shape index (κ3) is 3.68. The van der Waals surface area contributed by atoms with Crippen molar-refractivity contribution < 1.29 is 9.53 Å². The van der Waals surface area contributed by atoms with Gasteiger partial charge in [-0.25, -0.2) is 4.79 Å². The molecule has 0 unspecified atom stereocenters. The number of hydrogen-bond donors (Lipinski definition) is 1. The number of halogens is 2. The first kappa shape index (κ1) is 15.7. The van der Waals surface area contributed by atoms with Crippen molar-refractivity contribution in [1.82, 2.24) is 15.1 Å². The third-order valence-electron chi connectivity index (χ3n) is 2.81. The number of carbonyl (C=O) groups is 1. The molecule has 1 aromatic carbocycles. The summed E-state index contributed by atoms with van der Waals surface area (Å²) in [5, 5.41) is 7.64. The van der Waals surface area contributed by atoms with Gasteiger partial charge in [0.2, 0.25) is 0 Å². The largest absolute Gasteiger partial charge is 0.483 e. The molecule has 0 saturated heterocycles. The highest BCUT2D eigenvalue weighted by atomic mass is 35.5. The molecule has 2 aromatic rings. The Morgan fingerprint density at radius 2 is 2.19 bits per heavy atom. The van der Waals surface area contributed by atoms with Gasteiger partial charge in [0.15, 0.2) is 0 Å². The number of carbonyl (C=O) groups excluding carboxylic acids is 1. The minimum Gasteiger partial charge on any atom is -0.483 e. The lowest BCUT2D eigenvalue weighted by Crippen LogP contribution is -2.31. The van der Waals surface area contributed by atoms with E-state index < -0.39 is 6.10 Å². The van der Waals surface area contributed by atoms with Crippen LogP contribution in [-0.2, 0) is 0 Å². The molecular formula is C14H15Cl2N3O2. The van der Waals surface area contributed by atoms with E-state index in [4.69, 9.17) is 27.9 Å². The van der Waals surface area contributed by atoms with E-state index in [9.17, 15) is 4.79 Å². The summed E-state index contributed by atoms with van der Waals surface area (Å²) in [5.41, 5.74) is 0.631. The first-order valence-electron chi connectivity index (χ1n) is 6.46. The first-order valence-corrected chi connectivity index (χ1v) is 7.22. The van der Waals surface area contributed by atoms with E-state index in [1.54, 1.807) is 30.5 Å². The van der Waals surface area contributed by atoms with Crippen LogP contribution in [0.25, 0.3) is 0 Å². The average molecular weight is 328 g/mol. The fourth-order valence-electron chi connectivity index (χ4n) is 1.84. The molecule has 1 N–H and O–H groups in total. The number of nitrogens with zero attached hydrogens (tertiary/aromatic N) is 2. The highest BCUT2D eigenvalue weighted by Crippen LogP contribution is 2.31. The van der Waals surface area contributed by atoms with Crippen molar-refractivity contribution in [2.24, 2.45) is 0 Å². The number of aromatic nitrogens is 2. The number of nitrogens with one attached hydrogen (secondary N) is 1. The summed E-state index contributed by atoms with van der Waals surface area (Å²) in [6.07, 6.45) is 1.15. The zero-order valence-corrected chi connectivity index (χ0v) is 13.1. The number of benzene rings is 1. The smallest absolute Gasteiger partial charge is 0.342 e. The van der Waals surface area contributed by atoms with E-state index >= 15 is 0 Å². The molecule has 0 spiro atoms. The SMILES string of the molecule is CCNC(=O)n1nccc1[C@H](C)Oc1ccc(Cl)cc1Cl. The quantitative estimate of drug-likeness (QED) is 0.926. The Kier molecular flexibility index (Phi) is 5.09.